The molecule has 0 saturated carbocycles. The van der Waals surface area contributed by atoms with Gasteiger partial charge in [-0.1, -0.05) is 0 Å². The molecule has 0 fully saturated rings. The average Bonchev–Trinajstić information content (AvgIpc) is 2.18. The maximum absolute atomic E-state index is 12.4. The van der Waals surface area contributed by atoms with E-state index in [0.29, 0.717) is 0 Å². The SMILES string of the molecule is CCOC(=O)C(C)(C)P(=O)(OCC)OCC. The number of carbonyl (C=O) groups is 1. The van der Waals surface area contributed by atoms with Crippen molar-refractivity contribution in [1.82, 2.24) is 0 Å². The van der Waals surface area contributed by atoms with Crippen molar-refractivity contribution in [2.45, 2.75) is 39.8 Å². The summed E-state index contributed by atoms with van der Waals surface area (Å²) < 4.78 is 27.5. The number of carbonyl (C=O) groups excluding carboxylic acids is 1. The Labute approximate surface area is 97.0 Å². The third kappa shape index (κ3) is 3.30. The van der Waals surface area contributed by atoms with Gasteiger partial charge in [-0.25, -0.2) is 0 Å². The van der Waals surface area contributed by atoms with Crippen LogP contribution in [0.25, 0.3) is 0 Å². The first-order valence-corrected chi connectivity index (χ1v) is 6.96. The van der Waals surface area contributed by atoms with Crippen LogP contribution in [0.15, 0.2) is 0 Å². The molecular formula is C10H21O5P. The standard InChI is InChI=1S/C10H21O5P/c1-6-13-9(11)10(4,5)16(12,14-7-2)15-8-3/h6-8H2,1-5H3. The van der Waals surface area contributed by atoms with E-state index >= 15 is 0 Å². The minimum atomic E-state index is -3.48. The first-order chi connectivity index (χ1) is 7.35. The fraction of sp³-hybridized carbons (Fsp3) is 0.900. The molecule has 0 aliphatic rings. The Kier molecular flexibility index (Phi) is 6.23. The van der Waals surface area contributed by atoms with Gasteiger partial charge in [-0.15, -0.1) is 0 Å². The Morgan fingerprint density at radius 1 is 1.06 bits per heavy atom. The smallest absolute Gasteiger partial charge is 0.347 e. The quantitative estimate of drug-likeness (QED) is 0.514. The van der Waals surface area contributed by atoms with Gasteiger partial charge in [0.2, 0.25) is 0 Å². The third-order valence-corrected chi connectivity index (χ3v) is 4.81. The van der Waals surface area contributed by atoms with Crippen LogP contribution in [0.3, 0.4) is 0 Å². The Morgan fingerprint density at radius 3 is 1.81 bits per heavy atom. The highest BCUT2D eigenvalue weighted by Gasteiger charge is 2.50. The second-order valence-electron chi connectivity index (χ2n) is 3.61. The highest BCUT2D eigenvalue weighted by Crippen LogP contribution is 2.60. The summed E-state index contributed by atoms with van der Waals surface area (Å²) in [6.45, 7) is 8.80. The van der Waals surface area contributed by atoms with E-state index in [1.807, 2.05) is 0 Å². The zero-order chi connectivity index (χ0) is 12.8. The van der Waals surface area contributed by atoms with Crippen molar-refractivity contribution >= 4 is 13.6 Å². The molecule has 0 spiro atoms. The van der Waals surface area contributed by atoms with Crippen LogP contribution in [0.4, 0.5) is 0 Å². The van der Waals surface area contributed by atoms with Crippen LogP contribution in [0.1, 0.15) is 34.6 Å². The summed E-state index contributed by atoms with van der Waals surface area (Å²) in [5, 5.41) is -1.28. The molecule has 0 heterocycles. The monoisotopic (exact) mass is 252 g/mol. The van der Waals surface area contributed by atoms with Crippen LogP contribution in [-0.2, 0) is 23.1 Å². The molecule has 0 unspecified atom stereocenters. The van der Waals surface area contributed by atoms with Crippen molar-refractivity contribution in [3.8, 4) is 0 Å². The molecule has 0 aromatic carbocycles. The molecule has 0 rings (SSSR count). The molecular weight excluding hydrogens is 231 g/mol. The number of esters is 1. The largest absolute Gasteiger partial charge is 0.465 e. The van der Waals surface area contributed by atoms with Gasteiger partial charge >= 0.3 is 13.6 Å². The number of hydrogen-bond donors (Lipinski definition) is 0. The first-order valence-electron chi connectivity index (χ1n) is 5.42. The Hall–Kier alpha value is -0.380. The summed E-state index contributed by atoms with van der Waals surface area (Å²) >= 11 is 0. The van der Waals surface area contributed by atoms with E-state index in [9.17, 15) is 9.36 Å². The van der Waals surface area contributed by atoms with Gasteiger partial charge in [-0.3, -0.25) is 9.36 Å². The predicted molar refractivity (Wildman–Crippen MR) is 61.6 cm³/mol. The molecule has 0 N–H and O–H groups in total. The molecule has 96 valence electrons. The molecule has 0 saturated heterocycles. The zero-order valence-electron chi connectivity index (χ0n) is 10.6. The molecule has 16 heavy (non-hydrogen) atoms. The fourth-order valence-corrected chi connectivity index (χ4v) is 2.81. The Bertz CT molecular complexity index is 264. The van der Waals surface area contributed by atoms with Crippen LogP contribution in [0.5, 0.6) is 0 Å². The normalized spacial score (nSPS) is 12.6. The minimum Gasteiger partial charge on any atom is -0.465 e. The van der Waals surface area contributed by atoms with E-state index in [2.05, 4.69) is 0 Å². The molecule has 0 aliphatic heterocycles. The number of ether oxygens (including phenoxy) is 1. The van der Waals surface area contributed by atoms with Gasteiger partial charge in [0.1, 0.15) is 0 Å². The molecule has 0 aromatic heterocycles. The lowest BCUT2D eigenvalue weighted by Crippen LogP contribution is -2.35. The van der Waals surface area contributed by atoms with Crippen LogP contribution in [0.2, 0.25) is 0 Å². The highest BCUT2D eigenvalue weighted by molar-refractivity contribution is 7.56. The maximum atomic E-state index is 12.4. The number of rotatable bonds is 7. The molecule has 0 atom stereocenters. The summed E-state index contributed by atoms with van der Waals surface area (Å²) in [5.74, 6) is -0.569. The van der Waals surface area contributed by atoms with E-state index in [-0.39, 0.29) is 19.8 Å². The van der Waals surface area contributed by atoms with Crippen molar-refractivity contribution < 1.29 is 23.1 Å². The van der Waals surface area contributed by atoms with Gasteiger partial charge in [0.05, 0.1) is 19.8 Å². The van der Waals surface area contributed by atoms with E-state index in [1.165, 1.54) is 13.8 Å². The van der Waals surface area contributed by atoms with Gasteiger partial charge in [-0.05, 0) is 34.6 Å². The first kappa shape index (κ1) is 15.6. The maximum Gasteiger partial charge on any atom is 0.347 e. The van der Waals surface area contributed by atoms with Gasteiger partial charge in [0, 0.05) is 0 Å². The van der Waals surface area contributed by atoms with Crippen LogP contribution in [-0.4, -0.2) is 30.9 Å². The van der Waals surface area contributed by atoms with E-state index in [0.717, 1.165) is 0 Å². The molecule has 0 aliphatic carbocycles. The lowest BCUT2D eigenvalue weighted by Gasteiger charge is -2.30. The summed E-state index contributed by atoms with van der Waals surface area (Å²) in [5.41, 5.74) is 0. The van der Waals surface area contributed by atoms with Gasteiger partial charge in [-0.2, -0.15) is 0 Å². The minimum absolute atomic E-state index is 0.222. The molecule has 0 bridgehead atoms. The summed E-state index contributed by atoms with van der Waals surface area (Å²) in [4.78, 5) is 11.7. The Balaban J connectivity index is 5.02. The second kappa shape index (κ2) is 6.38. The van der Waals surface area contributed by atoms with Crippen molar-refractivity contribution in [3.05, 3.63) is 0 Å². The van der Waals surface area contributed by atoms with Crippen molar-refractivity contribution in [2.75, 3.05) is 19.8 Å². The van der Waals surface area contributed by atoms with Crippen molar-refractivity contribution in [2.24, 2.45) is 0 Å². The van der Waals surface area contributed by atoms with Crippen LogP contribution >= 0.6 is 7.60 Å². The van der Waals surface area contributed by atoms with Gasteiger partial charge in [0.25, 0.3) is 0 Å². The second-order valence-corrected chi connectivity index (χ2v) is 6.24. The van der Waals surface area contributed by atoms with Crippen molar-refractivity contribution in [3.63, 3.8) is 0 Å². The van der Waals surface area contributed by atoms with Crippen molar-refractivity contribution in [1.29, 1.82) is 0 Å². The molecule has 0 amide bonds. The van der Waals surface area contributed by atoms with E-state index in [1.54, 1.807) is 20.8 Å². The summed E-state index contributed by atoms with van der Waals surface area (Å²) in [6, 6.07) is 0. The third-order valence-electron chi connectivity index (χ3n) is 2.06. The highest BCUT2D eigenvalue weighted by atomic mass is 31.2. The molecule has 0 radical (unpaired) electrons. The van der Waals surface area contributed by atoms with E-state index in [4.69, 9.17) is 13.8 Å². The molecule has 5 nitrogen and oxygen atoms in total. The van der Waals surface area contributed by atoms with Crippen LogP contribution in [0, 0.1) is 0 Å². The molecule has 0 aromatic rings. The van der Waals surface area contributed by atoms with Crippen LogP contribution < -0.4 is 0 Å². The van der Waals surface area contributed by atoms with Gasteiger partial charge in [0.15, 0.2) is 5.16 Å². The van der Waals surface area contributed by atoms with Gasteiger partial charge < -0.3 is 13.8 Å². The lowest BCUT2D eigenvalue weighted by molar-refractivity contribution is -0.146. The van der Waals surface area contributed by atoms with E-state index < -0.39 is 18.7 Å². The molecule has 6 heteroatoms. The lowest BCUT2D eigenvalue weighted by atomic mass is 10.2. The summed E-state index contributed by atoms with van der Waals surface area (Å²) in [6.07, 6.45) is 0. The zero-order valence-corrected chi connectivity index (χ0v) is 11.5. The fourth-order valence-electron chi connectivity index (χ4n) is 1.12. The summed E-state index contributed by atoms with van der Waals surface area (Å²) in [7, 11) is -3.48. The topological polar surface area (TPSA) is 61.8 Å². The Morgan fingerprint density at radius 2 is 1.50 bits per heavy atom. The average molecular weight is 252 g/mol. The number of hydrogen-bond acceptors (Lipinski definition) is 5. The predicted octanol–water partition coefficient (Wildman–Crippen LogP) is 2.59.